The van der Waals surface area contributed by atoms with E-state index in [1.54, 1.807) is 0 Å². The van der Waals surface area contributed by atoms with Gasteiger partial charge in [-0.3, -0.25) is 0 Å². The molecule has 1 atom stereocenters. The molecule has 1 unspecified atom stereocenters. The number of esters is 1. The Bertz CT molecular complexity index is 1990. The van der Waals surface area contributed by atoms with Gasteiger partial charge in [0, 0.05) is 64.7 Å². The van der Waals surface area contributed by atoms with Crippen molar-refractivity contribution in [3.63, 3.8) is 0 Å². The van der Waals surface area contributed by atoms with Crippen molar-refractivity contribution in [3.8, 4) is 11.5 Å². The molecule has 6 heterocycles. The van der Waals surface area contributed by atoms with Crippen LogP contribution in [-0.2, 0) is 35.2 Å². The molecule has 0 amide bonds. The second-order valence-corrected chi connectivity index (χ2v) is 12.9. The summed E-state index contributed by atoms with van der Waals surface area (Å²) < 4.78 is 81.9. The highest BCUT2D eigenvalue weighted by Crippen LogP contribution is 2.49. The Morgan fingerprint density at radius 3 is 2.35 bits per heavy atom. The molecule has 0 N–H and O–H groups in total. The average molecular weight is 700 g/mol. The summed E-state index contributed by atoms with van der Waals surface area (Å²) in [5, 5.41) is 1.57. The fourth-order valence-corrected chi connectivity index (χ4v) is 8.25. The van der Waals surface area contributed by atoms with Crippen LogP contribution in [0.25, 0.3) is 5.57 Å². The number of ether oxygens (including phenoxy) is 3. The second kappa shape index (κ2) is 11.1. The van der Waals surface area contributed by atoms with E-state index in [0.29, 0.717) is 28.9 Å². The molecule has 0 aromatic heterocycles. The number of anilines is 1. The van der Waals surface area contributed by atoms with Gasteiger partial charge in [-0.2, -0.15) is 0 Å². The highest BCUT2D eigenvalue weighted by atomic mass is 79.9. The van der Waals surface area contributed by atoms with Gasteiger partial charge in [0.1, 0.15) is 42.9 Å². The Hall–Kier alpha value is -3.44. The summed E-state index contributed by atoms with van der Waals surface area (Å²) in [6.45, 7) is 3.84. The topological polar surface area (TPSA) is 54.3 Å². The molecule has 240 valence electrons. The molecule has 6 nitrogen and oxygen atoms in total. The lowest BCUT2D eigenvalue weighted by Crippen LogP contribution is -3.00. The Morgan fingerprint density at radius 1 is 0.870 bits per heavy atom. The van der Waals surface area contributed by atoms with Crippen molar-refractivity contribution in [1.82, 2.24) is 4.58 Å². The number of benzene rings is 3. The van der Waals surface area contributed by atoms with Crippen LogP contribution in [0.2, 0.25) is 0 Å². The minimum absolute atomic E-state index is 0. The Balaban J connectivity index is 0.00000312. The zero-order valence-corrected chi connectivity index (χ0v) is 26.6. The van der Waals surface area contributed by atoms with Gasteiger partial charge in [-0.1, -0.05) is 0 Å². The molecule has 6 aliphatic heterocycles. The Labute approximate surface area is 273 Å². The van der Waals surface area contributed by atoms with Crippen LogP contribution in [0.5, 0.6) is 11.5 Å². The predicted octanol–water partition coefficient (Wildman–Crippen LogP) is 1.24. The van der Waals surface area contributed by atoms with E-state index in [4.69, 9.17) is 14.2 Å². The van der Waals surface area contributed by atoms with E-state index in [1.165, 1.54) is 0 Å². The van der Waals surface area contributed by atoms with Crippen molar-refractivity contribution in [2.24, 2.45) is 0 Å². The lowest BCUT2D eigenvalue weighted by molar-refractivity contribution is -0.0000291. The first-order chi connectivity index (χ1) is 21.9. The third kappa shape index (κ3) is 4.37. The van der Waals surface area contributed by atoms with Crippen molar-refractivity contribution >= 4 is 17.2 Å². The minimum atomic E-state index is -2.05. The molecule has 1 saturated heterocycles. The summed E-state index contributed by atoms with van der Waals surface area (Å²) >= 11 is 0. The number of hydrogen-bond acceptors (Lipinski definition) is 5. The summed E-state index contributed by atoms with van der Waals surface area (Å²) in [5.74, 6) is -7.66. The highest BCUT2D eigenvalue weighted by molar-refractivity contribution is 6.00. The first-order valence-corrected chi connectivity index (χ1v) is 16.0. The first kappa shape index (κ1) is 29.9. The quantitative estimate of drug-likeness (QED) is 0.0803. The van der Waals surface area contributed by atoms with Crippen LogP contribution < -0.4 is 41.8 Å². The van der Waals surface area contributed by atoms with E-state index in [9.17, 15) is 9.18 Å². The molecular formula is C35H31BrF4N2O4. The number of halogens is 5. The number of carbonyl (C=O) groups excluding carboxylic acids is 1. The van der Waals surface area contributed by atoms with E-state index in [0.717, 1.165) is 111 Å². The monoisotopic (exact) mass is 698 g/mol. The number of carbonyl (C=O) groups is 1. The largest absolute Gasteiger partial charge is 1.00 e. The van der Waals surface area contributed by atoms with Gasteiger partial charge in [-0.05, 0) is 56.2 Å². The van der Waals surface area contributed by atoms with Crippen LogP contribution >= 0.6 is 0 Å². The van der Waals surface area contributed by atoms with Gasteiger partial charge in [0.15, 0.2) is 23.3 Å². The number of hydrogen-bond donors (Lipinski definition) is 0. The molecule has 6 aliphatic rings. The van der Waals surface area contributed by atoms with Gasteiger partial charge in [-0.15, -0.1) is 0 Å². The number of nitrogens with zero attached hydrogens (tertiary/aromatic N) is 2. The van der Waals surface area contributed by atoms with Crippen LogP contribution in [0.3, 0.4) is 0 Å². The maximum absolute atomic E-state index is 16.3. The maximum Gasteiger partial charge on any atom is 0.342 e. The standard InChI is InChI=1S/C35H31F4N2O4.BrH/c36-27-25(26(28(37)30(39)29(27)38)35(42)44-16-19-15-43-19)24-22-13-17-5-1-9-40-11-3-7-20(31(17)40)33(22)45-34-21-8-4-12-41-10-2-6-18(32(21)41)14-23(24)34;/h13-14,19H,1-12,15-16H2;1H/q+1;/p-1. The Morgan fingerprint density at radius 2 is 1.57 bits per heavy atom. The number of epoxide rings is 1. The van der Waals surface area contributed by atoms with E-state index in [2.05, 4.69) is 9.48 Å². The summed E-state index contributed by atoms with van der Waals surface area (Å²) in [5.41, 5.74) is 4.17. The summed E-state index contributed by atoms with van der Waals surface area (Å²) in [4.78, 5) is 15.8. The van der Waals surface area contributed by atoms with Gasteiger partial charge in [0.05, 0.1) is 12.2 Å². The van der Waals surface area contributed by atoms with Crippen molar-refractivity contribution < 1.29 is 53.5 Å². The van der Waals surface area contributed by atoms with Crippen molar-refractivity contribution in [2.45, 2.75) is 57.5 Å². The average Bonchev–Trinajstić information content (AvgIpc) is 3.89. The molecule has 11 heteroatoms. The molecule has 0 radical (unpaired) electrons. The summed E-state index contributed by atoms with van der Waals surface area (Å²) in [6.07, 6.45) is 6.30. The normalized spacial score (nSPS) is 20.1. The second-order valence-electron chi connectivity index (χ2n) is 12.9. The minimum Gasteiger partial charge on any atom is -1.00 e. The van der Waals surface area contributed by atoms with E-state index < -0.39 is 40.4 Å². The third-order valence-electron chi connectivity index (χ3n) is 10.2. The zero-order chi connectivity index (χ0) is 30.6. The smallest absolute Gasteiger partial charge is 0.342 e. The van der Waals surface area contributed by atoms with Crippen molar-refractivity contribution in [1.29, 1.82) is 0 Å². The molecule has 3 aromatic carbocycles. The van der Waals surface area contributed by atoms with Crippen LogP contribution in [0, 0.1) is 23.3 Å². The van der Waals surface area contributed by atoms with Crippen LogP contribution in [0.1, 0.15) is 69.4 Å². The number of aryl methyl sites for hydroxylation is 2. The predicted molar refractivity (Wildman–Crippen MR) is 157 cm³/mol. The van der Waals surface area contributed by atoms with Gasteiger partial charge in [0.25, 0.3) is 0 Å². The van der Waals surface area contributed by atoms with E-state index >= 15 is 13.2 Å². The molecule has 0 bridgehead atoms. The number of fused-ring (bicyclic) bond motifs is 4. The first-order valence-electron chi connectivity index (χ1n) is 16.0. The van der Waals surface area contributed by atoms with Crippen molar-refractivity contribution in [3.05, 3.63) is 84.9 Å². The molecule has 0 aliphatic carbocycles. The number of rotatable bonds is 4. The SMILES string of the molecule is O=C(OCC1CO1)c1c(F)c(F)c(F)c(F)c1C1=c2cc3c4c(c2Oc2c1cc1c5c2CCCN5CCC1)CCC[N+]=4CCC3.[Br-]. The molecule has 3 aromatic rings. The third-order valence-corrected chi connectivity index (χ3v) is 10.2. The molecule has 0 spiro atoms. The van der Waals surface area contributed by atoms with Crippen LogP contribution in [0.4, 0.5) is 23.2 Å². The molecular weight excluding hydrogens is 668 g/mol. The van der Waals surface area contributed by atoms with Gasteiger partial charge < -0.3 is 36.1 Å². The summed E-state index contributed by atoms with van der Waals surface area (Å²) in [6, 6.07) is 3.85. The lowest BCUT2D eigenvalue weighted by Gasteiger charge is -2.39. The maximum atomic E-state index is 16.3. The van der Waals surface area contributed by atoms with Gasteiger partial charge in [-0.25, -0.2) is 26.9 Å². The van der Waals surface area contributed by atoms with E-state index in [-0.39, 0.29) is 35.3 Å². The molecule has 1 fully saturated rings. The van der Waals surface area contributed by atoms with Crippen LogP contribution in [0.15, 0.2) is 12.1 Å². The van der Waals surface area contributed by atoms with E-state index in [1.807, 2.05) is 12.1 Å². The molecule has 9 rings (SSSR count). The lowest BCUT2D eigenvalue weighted by atomic mass is 9.81. The molecule has 46 heavy (non-hydrogen) atoms. The fourth-order valence-electron chi connectivity index (χ4n) is 8.25. The van der Waals surface area contributed by atoms with Gasteiger partial charge in [0.2, 0.25) is 5.36 Å². The Kier molecular flexibility index (Phi) is 7.21. The highest BCUT2D eigenvalue weighted by Gasteiger charge is 2.40. The zero-order valence-electron chi connectivity index (χ0n) is 25.0. The van der Waals surface area contributed by atoms with Crippen LogP contribution in [-0.4, -0.2) is 51.5 Å². The van der Waals surface area contributed by atoms with Crippen molar-refractivity contribution in [2.75, 3.05) is 44.3 Å². The molecule has 0 saturated carbocycles. The summed E-state index contributed by atoms with van der Waals surface area (Å²) in [7, 11) is 0. The van der Waals surface area contributed by atoms with Gasteiger partial charge >= 0.3 is 5.97 Å². The fraction of sp³-hybridized carbons (Fsp3) is 0.429.